The molecule has 0 aliphatic carbocycles. The Hall–Kier alpha value is -1.29. The summed E-state index contributed by atoms with van der Waals surface area (Å²) in [6, 6.07) is 9.63. The highest BCUT2D eigenvalue weighted by Crippen LogP contribution is 2.33. The van der Waals surface area contributed by atoms with Gasteiger partial charge in [-0.3, -0.25) is 4.99 Å². The van der Waals surface area contributed by atoms with E-state index < -0.39 is 0 Å². The summed E-state index contributed by atoms with van der Waals surface area (Å²) >= 11 is 1.68. The fourth-order valence-electron chi connectivity index (χ4n) is 1.91. The van der Waals surface area contributed by atoms with Gasteiger partial charge in [0.15, 0.2) is 6.04 Å². The predicted molar refractivity (Wildman–Crippen MR) is 75.1 cm³/mol. The molecule has 18 heavy (non-hydrogen) atoms. The molecule has 1 aromatic rings. The Morgan fingerprint density at radius 1 is 1.33 bits per heavy atom. The minimum atomic E-state index is -0.352. The van der Waals surface area contributed by atoms with Crippen LogP contribution in [0, 0.1) is 0 Å². The van der Waals surface area contributed by atoms with Crippen molar-refractivity contribution in [2.75, 3.05) is 6.61 Å². The molecule has 4 heteroatoms. The van der Waals surface area contributed by atoms with Crippen LogP contribution in [0.4, 0.5) is 0 Å². The molecule has 0 spiro atoms. The largest absolute Gasteiger partial charge is 0.464 e. The molecule has 96 valence electrons. The first-order valence-electron chi connectivity index (χ1n) is 6.22. The van der Waals surface area contributed by atoms with Crippen molar-refractivity contribution in [1.82, 2.24) is 0 Å². The van der Waals surface area contributed by atoms with E-state index in [2.05, 4.69) is 11.9 Å². The number of ether oxygens (including phenoxy) is 1. The van der Waals surface area contributed by atoms with Crippen LogP contribution < -0.4 is 0 Å². The number of carbonyl (C=O) groups is 1. The second kappa shape index (κ2) is 6.05. The van der Waals surface area contributed by atoms with Crippen molar-refractivity contribution in [3.05, 3.63) is 35.9 Å². The van der Waals surface area contributed by atoms with Crippen LogP contribution in [-0.2, 0) is 9.53 Å². The number of aliphatic imine (C=N–C) groups is 1. The first-order chi connectivity index (χ1) is 8.76. The number of esters is 1. The molecule has 2 rings (SSSR count). The lowest BCUT2D eigenvalue weighted by atomic mass is 10.1. The average Bonchev–Trinajstić information content (AvgIpc) is 2.84. The maximum atomic E-state index is 11.8. The van der Waals surface area contributed by atoms with Crippen LogP contribution in [0.2, 0.25) is 0 Å². The van der Waals surface area contributed by atoms with Crippen molar-refractivity contribution >= 4 is 22.8 Å². The first kappa shape index (κ1) is 13.1. The highest BCUT2D eigenvalue weighted by atomic mass is 32.2. The van der Waals surface area contributed by atoms with Crippen LogP contribution in [0.15, 0.2) is 35.3 Å². The molecule has 0 unspecified atom stereocenters. The number of benzene rings is 1. The molecule has 0 saturated heterocycles. The molecule has 0 radical (unpaired) electrons. The zero-order valence-electron chi connectivity index (χ0n) is 10.6. The van der Waals surface area contributed by atoms with E-state index in [1.807, 2.05) is 37.3 Å². The van der Waals surface area contributed by atoms with E-state index in [4.69, 9.17) is 4.74 Å². The lowest BCUT2D eigenvalue weighted by Gasteiger charge is -2.13. The van der Waals surface area contributed by atoms with Crippen LogP contribution in [0.25, 0.3) is 0 Å². The fraction of sp³-hybridized carbons (Fsp3) is 0.429. The summed E-state index contributed by atoms with van der Waals surface area (Å²) < 4.78 is 5.08. The highest BCUT2D eigenvalue weighted by molar-refractivity contribution is 8.15. The Bertz CT molecular complexity index is 444. The monoisotopic (exact) mass is 263 g/mol. The van der Waals surface area contributed by atoms with Crippen molar-refractivity contribution in [3.63, 3.8) is 0 Å². The molecule has 1 aromatic carbocycles. The highest BCUT2D eigenvalue weighted by Gasteiger charge is 2.35. The van der Waals surface area contributed by atoms with Crippen molar-refractivity contribution < 1.29 is 9.53 Å². The van der Waals surface area contributed by atoms with Gasteiger partial charge in [-0.25, -0.2) is 4.79 Å². The third-order valence-corrected chi connectivity index (χ3v) is 4.28. The van der Waals surface area contributed by atoms with Crippen LogP contribution in [0.3, 0.4) is 0 Å². The minimum absolute atomic E-state index is 0.194. The summed E-state index contributed by atoms with van der Waals surface area (Å²) in [5.74, 6) is -0.206. The summed E-state index contributed by atoms with van der Waals surface area (Å²) in [4.78, 5) is 16.4. The average molecular weight is 263 g/mol. The first-order valence-corrected chi connectivity index (χ1v) is 7.10. The summed E-state index contributed by atoms with van der Waals surface area (Å²) in [6.07, 6.45) is 0.911. The van der Waals surface area contributed by atoms with Gasteiger partial charge in [0.25, 0.3) is 0 Å². The number of nitrogens with zero attached hydrogens (tertiary/aromatic N) is 1. The van der Waals surface area contributed by atoms with Gasteiger partial charge >= 0.3 is 5.97 Å². The maximum absolute atomic E-state index is 11.8. The zero-order valence-corrected chi connectivity index (χ0v) is 11.4. The summed E-state index contributed by atoms with van der Waals surface area (Å²) in [6.45, 7) is 4.31. The molecule has 0 fully saturated rings. The third kappa shape index (κ3) is 2.75. The Labute approximate surface area is 112 Å². The second-order valence-electron chi connectivity index (χ2n) is 4.06. The van der Waals surface area contributed by atoms with Gasteiger partial charge in [-0.15, -0.1) is 0 Å². The van der Waals surface area contributed by atoms with Crippen LogP contribution in [-0.4, -0.2) is 28.9 Å². The van der Waals surface area contributed by atoms with Crippen molar-refractivity contribution in [2.24, 2.45) is 4.99 Å². The number of carbonyl (C=O) groups excluding carboxylic acids is 1. The van der Waals surface area contributed by atoms with E-state index in [0.29, 0.717) is 6.61 Å². The molecule has 0 N–H and O–H groups in total. The molecular weight excluding hydrogens is 246 g/mol. The fourth-order valence-corrected chi connectivity index (χ4v) is 3.11. The van der Waals surface area contributed by atoms with E-state index in [1.54, 1.807) is 11.8 Å². The standard InChI is InChI=1S/C14H17NO2S/c1-3-11-12(14(16)17-4-2)15-13(18-11)10-8-6-5-7-9-10/h5-9,11-12H,3-4H2,1-2H3/t11-,12-/m0/s1. The third-order valence-electron chi connectivity index (χ3n) is 2.82. The topological polar surface area (TPSA) is 38.7 Å². The lowest BCUT2D eigenvalue weighted by molar-refractivity contribution is -0.144. The molecule has 1 aliphatic heterocycles. The van der Waals surface area contributed by atoms with Crippen molar-refractivity contribution in [1.29, 1.82) is 0 Å². The Kier molecular flexibility index (Phi) is 4.42. The Balaban J connectivity index is 2.19. The van der Waals surface area contributed by atoms with E-state index in [1.165, 1.54) is 0 Å². The number of rotatable bonds is 4. The van der Waals surface area contributed by atoms with Gasteiger partial charge in [0, 0.05) is 10.8 Å². The minimum Gasteiger partial charge on any atom is -0.464 e. The number of thioether (sulfide) groups is 1. The SMILES string of the molecule is CCOC(=O)[C@H]1N=C(c2ccccc2)S[C@H]1CC. The predicted octanol–water partition coefficient (Wildman–Crippen LogP) is 2.89. The van der Waals surface area contributed by atoms with Crippen molar-refractivity contribution in [3.8, 4) is 0 Å². The second-order valence-corrected chi connectivity index (χ2v) is 5.29. The van der Waals surface area contributed by atoms with E-state index in [0.717, 1.165) is 17.0 Å². The van der Waals surface area contributed by atoms with Gasteiger partial charge in [-0.05, 0) is 13.3 Å². The smallest absolute Gasteiger partial charge is 0.332 e. The number of hydrogen-bond donors (Lipinski definition) is 0. The molecule has 0 amide bonds. The van der Waals surface area contributed by atoms with Crippen LogP contribution >= 0.6 is 11.8 Å². The van der Waals surface area contributed by atoms with Gasteiger partial charge in [-0.2, -0.15) is 0 Å². The van der Waals surface area contributed by atoms with E-state index in [9.17, 15) is 4.79 Å². The molecule has 1 heterocycles. The van der Waals surface area contributed by atoms with Gasteiger partial charge in [-0.1, -0.05) is 49.0 Å². The summed E-state index contributed by atoms with van der Waals surface area (Å²) in [5.41, 5.74) is 1.08. The quantitative estimate of drug-likeness (QED) is 0.784. The lowest BCUT2D eigenvalue weighted by Crippen LogP contribution is -2.28. The van der Waals surface area contributed by atoms with Gasteiger partial charge < -0.3 is 4.74 Å². The molecular formula is C14H17NO2S. The van der Waals surface area contributed by atoms with Gasteiger partial charge in [0.1, 0.15) is 0 Å². The molecule has 0 bridgehead atoms. The molecule has 3 nitrogen and oxygen atoms in total. The maximum Gasteiger partial charge on any atom is 0.332 e. The molecule has 1 aliphatic rings. The van der Waals surface area contributed by atoms with E-state index in [-0.39, 0.29) is 17.3 Å². The normalized spacial score (nSPS) is 22.7. The molecule has 0 saturated carbocycles. The Morgan fingerprint density at radius 3 is 2.67 bits per heavy atom. The van der Waals surface area contributed by atoms with Gasteiger partial charge in [0.05, 0.1) is 11.7 Å². The van der Waals surface area contributed by atoms with Crippen LogP contribution in [0.5, 0.6) is 0 Å². The number of hydrogen-bond acceptors (Lipinski definition) is 4. The van der Waals surface area contributed by atoms with Crippen molar-refractivity contribution in [2.45, 2.75) is 31.6 Å². The molecule has 0 aromatic heterocycles. The summed E-state index contributed by atoms with van der Waals surface area (Å²) in [7, 11) is 0. The van der Waals surface area contributed by atoms with Crippen LogP contribution in [0.1, 0.15) is 25.8 Å². The summed E-state index contributed by atoms with van der Waals surface area (Å²) in [5, 5.41) is 1.14. The molecule has 2 atom stereocenters. The van der Waals surface area contributed by atoms with E-state index >= 15 is 0 Å². The zero-order chi connectivity index (χ0) is 13.0. The van der Waals surface area contributed by atoms with Gasteiger partial charge in [0.2, 0.25) is 0 Å². The Morgan fingerprint density at radius 2 is 2.06 bits per heavy atom.